The minimum atomic E-state index is -0.879. The topological polar surface area (TPSA) is 112 Å². The first-order valence-electron chi connectivity index (χ1n) is 7.56. The Labute approximate surface area is 157 Å². The molecule has 1 aromatic heterocycles. The Morgan fingerprint density at radius 3 is 2.37 bits per heavy atom. The van der Waals surface area contributed by atoms with Gasteiger partial charge in [0.25, 0.3) is 5.91 Å². The van der Waals surface area contributed by atoms with E-state index in [-0.39, 0.29) is 17.4 Å². The third kappa shape index (κ3) is 4.31. The van der Waals surface area contributed by atoms with E-state index in [2.05, 4.69) is 5.32 Å². The molecule has 8 nitrogen and oxygen atoms in total. The number of hydrogen-bond acceptors (Lipinski definition) is 6. The van der Waals surface area contributed by atoms with Gasteiger partial charge in [-0.05, 0) is 42.5 Å². The van der Waals surface area contributed by atoms with E-state index in [4.69, 9.17) is 20.8 Å². The van der Waals surface area contributed by atoms with Gasteiger partial charge in [-0.1, -0.05) is 23.7 Å². The number of nitrogens with one attached hydrogen (secondary N) is 1. The highest BCUT2D eigenvalue weighted by atomic mass is 35.5. The summed E-state index contributed by atoms with van der Waals surface area (Å²) in [6.07, 6.45) is 0. The molecule has 0 saturated heterocycles. The number of esters is 1. The van der Waals surface area contributed by atoms with Crippen LogP contribution in [-0.2, 0) is 0 Å². The van der Waals surface area contributed by atoms with Crippen molar-refractivity contribution in [2.75, 3.05) is 5.32 Å². The molecule has 1 N–H and O–H groups in total. The molecule has 1 heterocycles. The van der Waals surface area contributed by atoms with Crippen LogP contribution in [0.5, 0.6) is 5.75 Å². The fourth-order valence-electron chi connectivity index (χ4n) is 2.14. The molecule has 0 aliphatic rings. The zero-order chi connectivity index (χ0) is 19.4. The van der Waals surface area contributed by atoms with E-state index in [1.165, 1.54) is 24.3 Å². The number of anilines is 1. The van der Waals surface area contributed by atoms with Gasteiger partial charge >= 0.3 is 11.9 Å². The summed E-state index contributed by atoms with van der Waals surface area (Å²) in [7, 11) is 0. The Morgan fingerprint density at radius 1 is 1.04 bits per heavy atom. The number of hydrogen-bond donors (Lipinski definition) is 1. The van der Waals surface area contributed by atoms with Gasteiger partial charge < -0.3 is 14.5 Å². The Hall–Kier alpha value is -3.65. The lowest BCUT2D eigenvalue weighted by atomic mass is 10.2. The maximum Gasteiger partial charge on any atom is 0.433 e. The lowest BCUT2D eigenvalue weighted by Crippen LogP contribution is -2.12. The van der Waals surface area contributed by atoms with Gasteiger partial charge in [0.2, 0.25) is 5.76 Å². The van der Waals surface area contributed by atoms with Crippen LogP contribution >= 0.6 is 11.6 Å². The zero-order valence-electron chi connectivity index (χ0n) is 13.5. The number of carbonyl (C=O) groups excluding carboxylic acids is 2. The molecular formula is C18H11ClN2O6. The summed E-state index contributed by atoms with van der Waals surface area (Å²) in [5.74, 6) is -1.93. The van der Waals surface area contributed by atoms with Crippen molar-refractivity contribution in [2.45, 2.75) is 0 Å². The number of carbonyl (C=O) groups is 2. The molecule has 3 rings (SSSR count). The van der Waals surface area contributed by atoms with Crippen molar-refractivity contribution < 1.29 is 23.7 Å². The van der Waals surface area contributed by atoms with Crippen LogP contribution in [0.2, 0.25) is 5.02 Å². The Balaban J connectivity index is 1.64. The molecule has 0 radical (unpaired) electrons. The average molecular weight is 387 g/mol. The SMILES string of the molecule is O=C(Oc1ccc(NC(=O)c2ccccc2Cl)cc1)c1ccc([N+](=O)[O-])o1. The van der Waals surface area contributed by atoms with Crippen LogP contribution in [0.4, 0.5) is 11.6 Å². The fraction of sp³-hybridized carbons (Fsp3) is 0. The van der Waals surface area contributed by atoms with Crippen LogP contribution in [0.15, 0.2) is 65.1 Å². The minimum Gasteiger partial charge on any atom is -0.421 e. The molecule has 1 amide bonds. The van der Waals surface area contributed by atoms with Gasteiger partial charge in [-0.25, -0.2) is 4.79 Å². The van der Waals surface area contributed by atoms with E-state index < -0.39 is 16.8 Å². The van der Waals surface area contributed by atoms with E-state index in [1.807, 2.05) is 0 Å². The van der Waals surface area contributed by atoms with Gasteiger partial charge in [-0.2, -0.15) is 0 Å². The lowest BCUT2D eigenvalue weighted by Gasteiger charge is -2.07. The molecule has 27 heavy (non-hydrogen) atoms. The largest absolute Gasteiger partial charge is 0.433 e. The average Bonchev–Trinajstić information content (AvgIpc) is 3.14. The van der Waals surface area contributed by atoms with Crippen LogP contribution in [0.25, 0.3) is 0 Å². The third-order valence-electron chi connectivity index (χ3n) is 3.41. The number of ether oxygens (including phenoxy) is 1. The van der Waals surface area contributed by atoms with E-state index in [0.717, 1.165) is 12.1 Å². The molecule has 9 heteroatoms. The summed E-state index contributed by atoms with van der Waals surface area (Å²) in [6.45, 7) is 0. The van der Waals surface area contributed by atoms with Crippen LogP contribution in [-0.4, -0.2) is 16.8 Å². The molecule has 0 aliphatic heterocycles. The maximum absolute atomic E-state index is 12.2. The van der Waals surface area contributed by atoms with Gasteiger partial charge in [-0.15, -0.1) is 0 Å². The molecular weight excluding hydrogens is 376 g/mol. The van der Waals surface area contributed by atoms with Gasteiger partial charge in [0, 0.05) is 5.69 Å². The molecule has 0 atom stereocenters. The summed E-state index contributed by atoms with van der Waals surface area (Å²) < 4.78 is 9.84. The van der Waals surface area contributed by atoms with Crippen molar-refractivity contribution in [2.24, 2.45) is 0 Å². The molecule has 0 unspecified atom stereocenters. The van der Waals surface area contributed by atoms with Gasteiger partial charge in [0.1, 0.15) is 10.7 Å². The maximum atomic E-state index is 12.2. The molecule has 0 fully saturated rings. The highest BCUT2D eigenvalue weighted by Gasteiger charge is 2.19. The van der Waals surface area contributed by atoms with E-state index in [0.29, 0.717) is 16.3 Å². The summed E-state index contributed by atoms with van der Waals surface area (Å²) in [6, 6.07) is 14.8. The predicted molar refractivity (Wildman–Crippen MR) is 96.2 cm³/mol. The van der Waals surface area contributed by atoms with Crippen molar-refractivity contribution in [3.8, 4) is 5.75 Å². The van der Waals surface area contributed by atoms with Gasteiger partial charge in [0.05, 0.1) is 16.7 Å². The summed E-state index contributed by atoms with van der Waals surface area (Å²) in [5.41, 5.74) is 0.794. The van der Waals surface area contributed by atoms with E-state index in [1.54, 1.807) is 24.3 Å². The van der Waals surface area contributed by atoms with Gasteiger partial charge in [-0.3, -0.25) is 14.9 Å². The normalized spacial score (nSPS) is 10.3. The van der Waals surface area contributed by atoms with Crippen molar-refractivity contribution in [3.05, 3.63) is 87.1 Å². The Bertz CT molecular complexity index is 1010. The molecule has 0 spiro atoms. The van der Waals surface area contributed by atoms with Crippen LogP contribution in [0.3, 0.4) is 0 Å². The first kappa shape index (κ1) is 18.2. The van der Waals surface area contributed by atoms with Crippen LogP contribution < -0.4 is 10.1 Å². The highest BCUT2D eigenvalue weighted by molar-refractivity contribution is 6.34. The highest BCUT2D eigenvalue weighted by Crippen LogP contribution is 2.21. The van der Waals surface area contributed by atoms with Gasteiger partial charge in [0.15, 0.2) is 0 Å². The van der Waals surface area contributed by atoms with E-state index in [9.17, 15) is 19.7 Å². The Kier molecular flexibility index (Phi) is 5.18. The monoisotopic (exact) mass is 386 g/mol. The number of amides is 1. The smallest absolute Gasteiger partial charge is 0.421 e. The number of furan rings is 1. The fourth-order valence-corrected chi connectivity index (χ4v) is 2.36. The Morgan fingerprint density at radius 2 is 1.74 bits per heavy atom. The quantitative estimate of drug-likeness (QED) is 0.302. The second-order valence-corrected chi connectivity index (χ2v) is 5.65. The predicted octanol–water partition coefficient (Wildman–Crippen LogP) is 4.31. The number of rotatable bonds is 5. The van der Waals surface area contributed by atoms with Crippen LogP contribution in [0, 0.1) is 10.1 Å². The number of nitro groups is 1. The van der Waals surface area contributed by atoms with Crippen molar-refractivity contribution in [1.29, 1.82) is 0 Å². The molecule has 136 valence electrons. The lowest BCUT2D eigenvalue weighted by molar-refractivity contribution is -0.402. The third-order valence-corrected chi connectivity index (χ3v) is 3.74. The summed E-state index contributed by atoms with van der Waals surface area (Å²) in [4.78, 5) is 33.9. The molecule has 2 aromatic carbocycles. The molecule has 0 saturated carbocycles. The second-order valence-electron chi connectivity index (χ2n) is 5.24. The van der Waals surface area contributed by atoms with Crippen LogP contribution in [0.1, 0.15) is 20.9 Å². The van der Waals surface area contributed by atoms with Crippen molar-refractivity contribution in [3.63, 3.8) is 0 Å². The molecule has 0 aliphatic carbocycles. The second kappa shape index (κ2) is 7.71. The number of benzene rings is 2. The summed E-state index contributed by atoms with van der Waals surface area (Å²) in [5, 5.41) is 13.6. The molecule has 0 bridgehead atoms. The first-order chi connectivity index (χ1) is 12.9. The standard InChI is InChI=1S/C18H11ClN2O6/c19-14-4-2-1-3-13(14)17(22)20-11-5-7-12(8-6-11)26-18(23)15-9-10-16(27-15)21(24)25/h1-10H,(H,20,22). The first-order valence-corrected chi connectivity index (χ1v) is 7.94. The zero-order valence-corrected chi connectivity index (χ0v) is 14.3. The van der Waals surface area contributed by atoms with E-state index >= 15 is 0 Å². The van der Waals surface area contributed by atoms with Crippen molar-refractivity contribution >= 4 is 35.0 Å². The summed E-state index contributed by atoms with van der Waals surface area (Å²) >= 11 is 5.98. The molecule has 3 aromatic rings. The van der Waals surface area contributed by atoms with Crippen molar-refractivity contribution in [1.82, 2.24) is 0 Å². The minimum absolute atomic E-state index is 0.176. The number of nitrogens with zero attached hydrogens (tertiary/aromatic N) is 1. The number of halogens is 1.